The maximum Gasteiger partial charge on any atom is 0.228 e. The molecule has 1 unspecified atom stereocenters. The predicted octanol–water partition coefficient (Wildman–Crippen LogP) is 5.24. The molecule has 0 bridgehead atoms. The molecule has 1 saturated carbocycles. The van der Waals surface area contributed by atoms with Gasteiger partial charge in [0, 0.05) is 15.5 Å². The van der Waals surface area contributed by atoms with Gasteiger partial charge in [0.15, 0.2) is 0 Å². The molecule has 0 radical (unpaired) electrons. The van der Waals surface area contributed by atoms with Crippen molar-refractivity contribution in [2.24, 2.45) is 5.92 Å². The zero-order valence-electron chi connectivity index (χ0n) is 11.4. The van der Waals surface area contributed by atoms with Gasteiger partial charge >= 0.3 is 0 Å². The van der Waals surface area contributed by atoms with Gasteiger partial charge in [-0.15, -0.1) is 0 Å². The lowest BCUT2D eigenvalue weighted by Crippen LogP contribution is -2.07. The zero-order chi connectivity index (χ0) is 14.1. The van der Waals surface area contributed by atoms with E-state index in [9.17, 15) is 4.79 Å². The number of nitrogens with one attached hydrogen (secondary N) is 1. The molecule has 1 aliphatic carbocycles. The molecular weight excluding hydrogens is 338 g/mol. The van der Waals surface area contributed by atoms with Crippen LogP contribution in [0.2, 0.25) is 5.02 Å². The molecule has 1 aliphatic heterocycles. The Morgan fingerprint density at radius 3 is 2.60 bits per heavy atom. The quantitative estimate of drug-likeness (QED) is 0.569. The number of anilines is 1. The molecule has 1 heterocycles. The third kappa shape index (κ3) is 2.89. The Kier molecular flexibility index (Phi) is 4.37. The van der Waals surface area contributed by atoms with Crippen LogP contribution < -0.4 is 5.32 Å². The summed E-state index contributed by atoms with van der Waals surface area (Å²) >= 11 is 10.3. The van der Waals surface area contributed by atoms with Gasteiger partial charge in [0.05, 0.1) is 6.42 Å². The average molecular weight is 357 g/mol. The number of rotatable bonds is 2. The number of fused-ring (bicyclic) bond motifs is 1. The lowest BCUT2D eigenvalue weighted by molar-refractivity contribution is -0.115. The summed E-state index contributed by atoms with van der Waals surface area (Å²) in [5.74, 6) is 0.715. The van der Waals surface area contributed by atoms with Crippen LogP contribution in [0.4, 0.5) is 5.69 Å². The van der Waals surface area contributed by atoms with Crippen LogP contribution in [0.5, 0.6) is 0 Å². The smallest absolute Gasteiger partial charge is 0.228 e. The number of carbonyl (C=O) groups excluding carboxylic acids is 1. The summed E-state index contributed by atoms with van der Waals surface area (Å²) in [6, 6.07) is 4.02. The van der Waals surface area contributed by atoms with E-state index in [0.717, 1.165) is 21.8 Å². The first kappa shape index (κ1) is 14.4. The maximum absolute atomic E-state index is 11.5. The first-order valence-electron chi connectivity index (χ1n) is 7.41. The number of hydrogen-bond donors (Lipinski definition) is 1. The molecule has 2 nitrogen and oxygen atoms in total. The largest absolute Gasteiger partial charge is 0.325 e. The van der Waals surface area contributed by atoms with Crippen molar-refractivity contribution in [2.45, 2.75) is 49.8 Å². The summed E-state index contributed by atoms with van der Waals surface area (Å²) < 4.78 is 0. The molecule has 1 aromatic rings. The number of halogens is 2. The number of carbonyl (C=O) groups is 1. The summed E-state index contributed by atoms with van der Waals surface area (Å²) in [5.41, 5.74) is 3.10. The van der Waals surface area contributed by atoms with Crippen LogP contribution >= 0.6 is 27.5 Å². The van der Waals surface area contributed by atoms with Gasteiger partial charge in [0.2, 0.25) is 5.91 Å². The van der Waals surface area contributed by atoms with Crippen LogP contribution in [-0.4, -0.2) is 5.91 Å². The Hall–Kier alpha value is -0.540. The van der Waals surface area contributed by atoms with Gasteiger partial charge in [0.1, 0.15) is 0 Å². The molecule has 20 heavy (non-hydrogen) atoms. The summed E-state index contributed by atoms with van der Waals surface area (Å²) in [6.07, 6.45) is 8.34. The summed E-state index contributed by atoms with van der Waals surface area (Å²) in [5, 5.41) is 3.62. The molecule has 1 amide bonds. The Morgan fingerprint density at radius 2 is 1.90 bits per heavy atom. The lowest BCUT2D eigenvalue weighted by Gasteiger charge is -2.22. The van der Waals surface area contributed by atoms with Crippen molar-refractivity contribution in [2.75, 3.05) is 5.32 Å². The van der Waals surface area contributed by atoms with E-state index in [1.807, 2.05) is 6.07 Å². The second kappa shape index (κ2) is 6.07. The molecule has 108 valence electrons. The van der Waals surface area contributed by atoms with Crippen LogP contribution in [0.25, 0.3) is 0 Å². The highest BCUT2D eigenvalue weighted by Gasteiger charge is 2.26. The van der Waals surface area contributed by atoms with Crippen molar-refractivity contribution in [3.05, 3.63) is 28.3 Å². The molecule has 1 fully saturated rings. The highest BCUT2D eigenvalue weighted by molar-refractivity contribution is 9.09. The van der Waals surface area contributed by atoms with Crippen LogP contribution in [0.3, 0.4) is 0 Å². The van der Waals surface area contributed by atoms with Gasteiger partial charge in [-0.25, -0.2) is 0 Å². The Bertz CT molecular complexity index is 523. The molecule has 1 N–H and O–H groups in total. The first-order valence-corrected chi connectivity index (χ1v) is 8.71. The number of hydrogen-bond acceptors (Lipinski definition) is 1. The van der Waals surface area contributed by atoms with E-state index in [-0.39, 0.29) is 5.91 Å². The third-order valence-corrected chi connectivity index (χ3v) is 6.03. The number of alkyl halides is 1. The van der Waals surface area contributed by atoms with Crippen molar-refractivity contribution in [1.29, 1.82) is 0 Å². The first-order chi connectivity index (χ1) is 9.65. The van der Waals surface area contributed by atoms with Gasteiger partial charge in [-0.1, -0.05) is 59.3 Å². The highest BCUT2D eigenvalue weighted by Crippen LogP contribution is 2.43. The summed E-state index contributed by atoms with van der Waals surface area (Å²) in [7, 11) is 0. The normalized spacial score (nSPS) is 21.2. The monoisotopic (exact) mass is 355 g/mol. The van der Waals surface area contributed by atoms with Crippen molar-refractivity contribution in [1.82, 2.24) is 0 Å². The third-order valence-electron chi connectivity index (χ3n) is 4.46. The maximum atomic E-state index is 11.5. The van der Waals surface area contributed by atoms with Gasteiger partial charge in [-0.3, -0.25) is 4.79 Å². The molecule has 4 heteroatoms. The van der Waals surface area contributed by atoms with Crippen molar-refractivity contribution < 1.29 is 4.79 Å². The molecule has 1 atom stereocenters. The highest BCUT2D eigenvalue weighted by atomic mass is 79.9. The molecule has 2 aliphatic rings. The van der Waals surface area contributed by atoms with E-state index in [1.54, 1.807) is 0 Å². The Balaban J connectivity index is 1.86. The van der Waals surface area contributed by atoms with E-state index >= 15 is 0 Å². The molecule has 3 rings (SSSR count). The van der Waals surface area contributed by atoms with Gasteiger partial charge in [-0.2, -0.15) is 0 Å². The fourth-order valence-corrected chi connectivity index (χ4v) is 4.66. The van der Waals surface area contributed by atoms with Crippen LogP contribution in [0, 0.1) is 5.92 Å². The molecular formula is C16H19BrClNO. The van der Waals surface area contributed by atoms with E-state index in [2.05, 4.69) is 27.3 Å². The minimum Gasteiger partial charge on any atom is -0.325 e. The van der Waals surface area contributed by atoms with E-state index < -0.39 is 0 Å². The van der Waals surface area contributed by atoms with Gasteiger partial charge < -0.3 is 5.32 Å². The zero-order valence-corrected chi connectivity index (χ0v) is 13.8. The van der Waals surface area contributed by atoms with Crippen LogP contribution in [0.15, 0.2) is 12.1 Å². The van der Waals surface area contributed by atoms with Crippen LogP contribution in [-0.2, 0) is 11.2 Å². The van der Waals surface area contributed by atoms with Crippen molar-refractivity contribution in [3.63, 3.8) is 0 Å². The molecule has 0 aromatic heterocycles. The van der Waals surface area contributed by atoms with Crippen molar-refractivity contribution >= 4 is 39.1 Å². The summed E-state index contributed by atoms with van der Waals surface area (Å²) in [6.45, 7) is 0. The van der Waals surface area contributed by atoms with E-state index in [1.165, 1.54) is 38.5 Å². The fraction of sp³-hybridized carbons (Fsp3) is 0.562. The molecule has 1 aromatic carbocycles. The average Bonchev–Trinajstić information content (AvgIpc) is 2.64. The second-order valence-corrected chi connectivity index (χ2v) is 7.30. The lowest BCUT2D eigenvalue weighted by atomic mass is 9.91. The predicted molar refractivity (Wildman–Crippen MR) is 86.6 cm³/mol. The van der Waals surface area contributed by atoms with Gasteiger partial charge in [0.25, 0.3) is 0 Å². The standard InChI is InChI=1S/C16H19BrClNO/c17-16(10-5-3-1-2-4-6-10)12-7-11-8-15(20)19-14(11)9-13(12)18/h7,9-10,16H,1-6,8H2,(H,19,20). The van der Waals surface area contributed by atoms with Gasteiger partial charge in [-0.05, 0) is 36.0 Å². The minimum absolute atomic E-state index is 0.0637. The second-order valence-electron chi connectivity index (χ2n) is 5.91. The minimum atomic E-state index is 0.0637. The van der Waals surface area contributed by atoms with Crippen LogP contribution in [0.1, 0.15) is 54.5 Å². The molecule has 0 saturated heterocycles. The Labute approximate surface area is 133 Å². The number of benzene rings is 1. The fourth-order valence-electron chi connectivity index (χ4n) is 3.34. The summed E-state index contributed by atoms with van der Waals surface area (Å²) in [4.78, 5) is 11.8. The number of amides is 1. The Morgan fingerprint density at radius 1 is 1.20 bits per heavy atom. The molecule has 0 spiro atoms. The van der Waals surface area contributed by atoms with Crippen molar-refractivity contribution in [3.8, 4) is 0 Å². The topological polar surface area (TPSA) is 29.1 Å². The SMILES string of the molecule is O=C1Cc2cc(C(Br)C3CCCCCC3)c(Cl)cc2N1. The van der Waals surface area contributed by atoms with E-state index in [0.29, 0.717) is 17.2 Å². The van der Waals surface area contributed by atoms with E-state index in [4.69, 9.17) is 11.6 Å².